The molecule has 6 nitrogen and oxygen atoms in total. The summed E-state index contributed by atoms with van der Waals surface area (Å²) in [6, 6.07) is 14.4. The first kappa shape index (κ1) is 15.5. The molecule has 1 aliphatic heterocycles. The maximum atomic E-state index is 9.00. The number of aromatic nitrogens is 3. The van der Waals surface area contributed by atoms with Crippen LogP contribution in [-0.2, 0) is 0 Å². The van der Waals surface area contributed by atoms with Crippen LogP contribution in [0.5, 0.6) is 0 Å². The molecule has 6 heteroatoms. The lowest BCUT2D eigenvalue weighted by molar-refractivity contribution is 0.520. The zero-order chi connectivity index (χ0) is 17.2. The monoisotopic (exact) mass is 332 g/mol. The summed E-state index contributed by atoms with van der Waals surface area (Å²) in [7, 11) is 0. The van der Waals surface area contributed by atoms with E-state index in [4.69, 9.17) is 5.26 Å². The zero-order valence-corrected chi connectivity index (χ0v) is 14.2. The van der Waals surface area contributed by atoms with Gasteiger partial charge in [-0.2, -0.15) is 5.26 Å². The molecule has 1 aromatic carbocycles. The molecule has 2 aromatic heterocycles. The lowest BCUT2D eigenvalue weighted by Crippen LogP contribution is -2.39. The minimum atomic E-state index is 0.389. The molecule has 0 spiro atoms. The number of fused-ring (bicyclic) bond motifs is 1. The lowest BCUT2D eigenvalue weighted by atomic mass is 10.1. The van der Waals surface area contributed by atoms with E-state index in [-0.39, 0.29) is 0 Å². The van der Waals surface area contributed by atoms with Crippen LogP contribution in [-0.4, -0.2) is 34.1 Å². The van der Waals surface area contributed by atoms with Gasteiger partial charge in [0.25, 0.3) is 0 Å². The quantitative estimate of drug-likeness (QED) is 0.770. The fourth-order valence-electron chi connectivity index (χ4n) is 3.29. The molecule has 1 fully saturated rings. The molecule has 0 atom stereocenters. The highest BCUT2D eigenvalue weighted by Crippen LogP contribution is 2.22. The molecule has 1 saturated heterocycles. The fourth-order valence-corrected chi connectivity index (χ4v) is 3.29. The first-order chi connectivity index (χ1) is 12.2. The Morgan fingerprint density at radius 2 is 1.96 bits per heavy atom. The van der Waals surface area contributed by atoms with E-state index in [0.717, 1.165) is 54.4 Å². The van der Waals surface area contributed by atoms with Gasteiger partial charge in [0.15, 0.2) is 0 Å². The smallest absolute Gasteiger partial charge is 0.203 e. The van der Waals surface area contributed by atoms with Crippen molar-refractivity contribution in [2.24, 2.45) is 0 Å². The Hall–Kier alpha value is -3.07. The number of hydrogen-bond acceptors (Lipinski definition) is 5. The van der Waals surface area contributed by atoms with Crippen molar-refractivity contribution in [3.8, 4) is 6.07 Å². The molecule has 2 N–H and O–H groups in total. The summed E-state index contributed by atoms with van der Waals surface area (Å²) in [4.78, 5) is 14.9. The van der Waals surface area contributed by atoms with E-state index in [1.165, 1.54) is 0 Å². The average Bonchev–Trinajstić information content (AvgIpc) is 3.07. The summed E-state index contributed by atoms with van der Waals surface area (Å²) in [5.41, 5.74) is 3.49. The molecule has 0 unspecified atom stereocenters. The molecule has 25 heavy (non-hydrogen) atoms. The van der Waals surface area contributed by atoms with Gasteiger partial charge in [-0.15, -0.1) is 0 Å². The van der Waals surface area contributed by atoms with Crippen LogP contribution in [0, 0.1) is 18.3 Å². The van der Waals surface area contributed by atoms with Crippen LogP contribution in [0.1, 0.15) is 24.1 Å². The third kappa shape index (κ3) is 3.13. The number of nitriles is 1. The summed E-state index contributed by atoms with van der Waals surface area (Å²) in [5.74, 6) is 1.80. The second-order valence-electron chi connectivity index (χ2n) is 6.42. The van der Waals surface area contributed by atoms with Crippen molar-refractivity contribution in [3.63, 3.8) is 0 Å². The van der Waals surface area contributed by atoms with Crippen molar-refractivity contribution < 1.29 is 0 Å². The Kier molecular flexibility index (Phi) is 3.98. The molecule has 0 aliphatic carbocycles. The number of pyridine rings is 1. The average molecular weight is 332 g/mol. The number of benzene rings is 1. The summed E-state index contributed by atoms with van der Waals surface area (Å²) in [5, 5.41) is 12.5. The molecule has 1 aliphatic rings. The Bertz CT molecular complexity index is 897. The molecule has 3 aromatic rings. The van der Waals surface area contributed by atoms with Crippen molar-refractivity contribution in [1.29, 1.82) is 5.26 Å². The van der Waals surface area contributed by atoms with E-state index in [9.17, 15) is 0 Å². The number of H-pyrrole nitrogens is 1. The van der Waals surface area contributed by atoms with Gasteiger partial charge in [-0.3, -0.25) is 0 Å². The number of aromatic amines is 1. The topological polar surface area (TPSA) is 80.6 Å². The number of imidazole rings is 1. The van der Waals surface area contributed by atoms with Crippen LogP contribution in [0.25, 0.3) is 11.0 Å². The van der Waals surface area contributed by atoms with Crippen LogP contribution in [0.2, 0.25) is 0 Å². The normalized spacial score (nSPS) is 15.3. The van der Waals surface area contributed by atoms with E-state index in [2.05, 4.69) is 37.3 Å². The first-order valence-electron chi connectivity index (χ1n) is 8.57. The second kappa shape index (κ2) is 6.44. The number of piperidine rings is 1. The summed E-state index contributed by atoms with van der Waals surface area (Å²) in [6.07, 6.45) is 2.05. The van der Waals surface area contributed by atoms with Gasteiger partial charge in [-0.05, 0) is 44.0 Å². The number of rotatable bonds is 3. The summed E-state index contributed by atoms with van der Waals surface area (Å²) >= 11 is 0. The predicted octanol–water partition coefficient (Wildman–Crippen LogP) is 3.22. The Morgan fingerprint density at radius 1 is 1.16 bits per heavy atom. The highest BCUT2D eigenvalue weighted by atomic mass is 15.3. The van der Waals surface area contributed by atoms with E-state index < -0.39 is 0 Å². The molecular formula is C19H20N6. The summed E-state index contributed by atoms with van der Waals surface area (Å²) in [6.45, 7) is 3.77. The van der Waals surface area contributed by atoms with Crippen molar-refractivity contribution >= 4 is 22.8 Å². The molecular weight excluding hydrogens is 312 g/mol. The SMILES string of the molecule is Cc1nc(NC2CCN(c3nc4ccccc4[nH]3)CC2)ccc1C#N. The lowest BCUT2D eigenvalue weighted by Gasteiger charge is -2.32. The second-order valence-corrected chi connectivity index (χ2v) is 6.42. The van der Waals surface area contributed by atoms with Crippen LogP contribution >= 0.6 is 0 Å². The molecule has 0 radical (unpaired) electrons. The molecule has 3 heterocycles. The molecule has 0 bridgehead atoms. The van der Waals surface area contributed by atoms with E-state index in [1.54, 1.807) is 0 Å². The molecule has 0 saturated carbocycles. The number of nitrogens with one attached hydrogen (secondary N) is 2. The van der Waals surface area contributed by atoms with Gasteiger partial charge in [-0.25, -0.2) is 9.97 Å². The van der Waals surface area contributed by atoms with Crippen LogP contribution in [0.4, 0.5) is 11.8 Å². The molecule has 4 rings (SSSR count). The van der Waals surface area contributed by atoms with Crippen LogP contribution in [0.3, 0.4) is 0 Å². The van der Waals surface area contributed by atoms with Crippen LogP contribution < -0.4 is 10.2 Å². The van der Waals surface area contributed by atoms with Gasteiger partial charge in [-0.1, -0.05) is 12.1 Å². The number of anilines is 2. The van der Waals surface area contributed by atoms with Gasteiger partial charge in [0, 0.05) is 19.1 Å². The number of aryl methyl sites for hydroxylation is 1. The van der Waals surface area contributed by atoms with E-state index in [1.807, 2.05) is 37.3 Å². The Balaban J connectivity index is 1.39. The third-order valence-corrected chi connectivity index (χ3v) is 4.73. The van der Waals surface area contributed by atoms with Crippen molar-refractivity contribution in [2.45, 2.75) is 25.8 Å². The highest BCUT2D eigenvalue weighted by molar-refractivity contribution is 5.77. The number of para-hydroxylation sites is 2. The molecule has 126 valence electrons. The maximum Gasteiger partial charge on any atom is 0.203 e. The van der Waals surface area contributed by atoms with Crippen molar-refractivity contribution in [3.05, 3.63) is 47.7 Å². The maximum absolute atomic E-state index is 9.00. The third-order valence-electron chi connectivity index (χ3n) is 4.73. The minimum absolute atomic E-state index is 0.389. The molecule has 0 amide bonds. The minimum Gasteiger partial charge on any atom is -0.367 e. The standard InChI is InChI=1S/C19H20N6/c1-13-14(12-20)6-7-18(21-13)22-15-8-10-25(11-9-15)19-23-16-4-2-3-5-17(16)24-19/h2-7,15H,8-11H2,1H3,(H,21,22)(H,23,24). The van der Waals surface area contributed by atoms with Gasteiger partial charge in [0.2, 0.25) is 5.95 Å². The van der Waals surface area contributed by atoms with E-state index >= 15 is 0 Å². The Morgan fingerprint density at radius 3 is 2.68 bits per heavy atom. The van der Waals surface area contributed by atoms with Crippen molar-refractivity contribution in [2.75, 3.05) is 23.3 Å². The van der Waals surface area contributed by atoms with Crippen LogP contribution in [0.15, 0.2) is 36.4 Å². The Labute approximate surface area is 146 Å². The summed E-state index contributed by atoms with van der Waals surface area (Å²) < 4.78 is 0. The zero-order valence-electron chi connectivity index (χ0n) is 14.2. The van der Waals surface area contributed by atoms with Crippen molar-refractivity contribution in [1.82, 2.24) is 15.0 Å². The highest BCUT2D eigenvalue weighted by Gasteiger charge is 2.21. The predicted molar refractivity (Wildman–Crippen MR) is 98.6 cm³/mol. The fraction of sp³-hybridized carbons (Fsp3) is 0.316. The van der Waals surface area contributed by atoms with Gasteiger partial charge >= 0.3 is 0 Å². The van der Waals surface area contributed by atoms with Gasteiger partial charge in [0.05, 0.1) is 22.3 Å². The van der Waals surface area contributed by atoms with Gasteiger partial charge in [0.1, 0.15) is 11.9 Å². The number of nitrogens with zero attached hydrogens (tertiary/aromatic N) is 4. The number of hydrogen-bond donors (Lipinski definition) is 2. The first-order valence-corrected chi connectivity index (χ1v) is 8.57. The van der Waals surface area contributed by atoms with E-state index in [0.29, 0.717) is 11.6 Å². The largest absolute Gasteiger partial charge is 0.367 e. The van der Waals surface area contributed by atoms with Gasteiger partial charge < -0.3 is 15.2 Å².